The van der Waals surface area contributed by atoms with Crippen LogP contribution in [0.2, 0.25) is 0 Å². The standard InChI is InChI=1S/C16H27NO2/c1-6-19-16-11-14(9-10-15(16)18-5)17-13(4)8-7-12(2)3/h9-13,17H,6-8H2,1-5H3. The second kappa shape index (κ2) is 7.93. The number of hydrogen-bond acceptors (Lipinski definition) is 3. The van der Waals surface area contributed by atoms with E-state index in [9.17, 15) is 0 Å². The quantitative estimate of drug-likeness (QED) is 0.759. The zero-order chi connectivity index (χ0) is 14.3. The molecule has 1 aromatic rings. The first-order valence-electron chi connectivity index (χ1n) is 7.14. The molecule has 0 bridgehead atoms. The molecule has 1 rings (SSSR count). The van der Waals surface area contributed by atoms with Gasteiger partial charge in [-0.3, -0.25) is 0 Å². The molecule has 0 heterocycles. The van der Waals surface area contributed by atoms with Crippen molar-refractivity contribution in [3.63, 3.8) is 0 Å². The second-order valence-corrected chi connectivity index (χ2v) is 5.32. The molecule has 19 heavy (non-hydrogen) atoms. The summed E-state index contributed by atoms with van der Waals surface area (Å²) in [5, 5.41) is 3.51. The lowest BCUT2D eigenvalue weighted by molar-refractivity contribution is 0.311. The maximum atomic E-state index is 5.58. The Morgan fingerprint density at radius 1 is 1.11 bits per heavy atom. The van der Waals surface area contributed by atoms with Gasteiger partial charge in [-0.25, -0.2) is 0 Å². The highest BCUT2D eigenvalue weighted by atomic mass is 16.5. The number of rotatable bonds is 8. The summed E-state index contributed by atoms with van der Waals surface area (Å²) < 4.78 is 10.9. The van der Waals surface area contributed by atoms with E-state index >= 15 is 0 Å². The van der Waals surface area contributed by atoms with Gasteiger partial charge in [0.25, 0.3) is 0 Å². The maximum absolute atomic E-state index is 5.58. The van der Waals surface area contributed by atoms with Crippen molar-refractivity contribution < 1.29 is 9.47 Å². The molecule has 1 unspecified atom stereocenters. The van der Waals surface area contributed by atoms with Crippen LogP contribution in [0.15, 0.2) is 18.2 Å². The number of benzene rings is 1. The fraction of sp³-hybridized carbons (Fsp3) is 0.625. The lowest BCUT2D eigenvalue weighted by Gasteiger charge is -2.18. The van der Waals surface area contributed by atoms with Gasteiger partial charge in [-0.2, -0.15) is 0 Å². The van der Waals surface area contributed by atoms with Crippen LogP contribution in [0.3, 0.4) is 0 Å². The maximum Gasteiger partial charge on any atom is 0.163 e. The summed E-state index contributed by atoms with van der Waals surface area (Å²) in [4.78, 5) is 0. The smallest absolute Gasteiger partial charge is 0.163 e. The molecule has 108 valence electrons. The van der Waals surface area contributed by atoms with Gasteiger partial charge in [0.2, 0.25) is 0 Å². The van der Waals surface area contributed by atoms with E-state index < -0.39 is 0 Å². The molecule has 0 aromatic heterocycles. The predicted molar refractivity (Wildman–Crippen MR) is 81.3 cm³/mol. The third-order valence-corrected chi connectivity index (χ3v) is 3.05. The highest BCUT2D eigenvalue weighted by Crippen LogP contribution is 2.30. The molecule has 0 amide bonds. The first kappa shape index (κ1) is 15.7. The van der Waals surface area contributed by atoms with Crippen LogP contribution in [-0.4, -0.2) is 19.8 Å². The van der Waals surface area contributed by atoms with Crippen LogP contribution in [0.4, 0.5) is 5.69 Å². The van der Waals surface area contributed by atoms with Crippen LogP contribution in [-0.2, 0) is 0 Å². The average molecular weight is 265 g/mol. The van der Waals surface area contributed by atoms with E-state index in [1.165, 1.54) is 12.8 Å². The summed E-state index contributed by atoms with van der Waals surface area (Å²) >= 11 is 0. The first-order valence-corrected chi connectivity index (χ1v) is 7.14. The largest absolute Gasteiger partial charge is 0.493 e. The van der Waals surface area contributed by atoms with Crippen LogP contribution < -0.4 is 14.8 Å². The van der Waals surface area contributed by atoms with Crippen molar-refractivity contribution in [1.82, 2.24) is 0 Å². The molecular weight excluding hydrogens is 238 g/mol. The van der Waals surface area contributed by atoms with Crippen LogP contribution in [0.5, 0.6) is 11.5 Å². The molecule has 1 atom stereocenters. The molecule has 3 nitrogen and oxygen atoms in total. The van der Waals surface area contributed by atoms with Crippen molar-refractivity contribution in [2.75, 3.05) is 19.0 Å². The first-order chi connectivity index (χ1) is 9.06. The average Bonchev–Trinajstić information content (AvgIpc) is 2.37. The van der Waals surface area contributed by atoms with Gasteiger partial charge in [0.1, 0.15) is 0 Å². The van der Waals surface area contributed by atoms with Gasteiger partial charge in [0, 0.05) is 17.8 Å². The van der Waals surface area contributed by atoms with Gasteiger partial charge in [0.15, 0.2) is 11.5 Å². The van der Waals surface area contributed by atoms with E-state index in [4.69, 9.17) is 9.47 Å². The Balaban J connectivity index is 2.65. The molecule has 0 spiro atoms. The summed E-state index contributed by atoms with van der Waals surface area (Å²) in [7, 11) is 1.66. The molecule has 1 N–H and O–H groups in total. The fourth-order valence-corrected chi connectivity index (χ4v) is 1.97. The van der Waals surface area contributed by atoms with Gasteiger partial charge in [0.05, 0.1) is 13.7 Å². The fourth-order valence-electron chi connectivity index (χ4n) is 1.97. The number of ether oxygens (including phenoxy) is 2. The van der Waals surface area contributed by atoms with Crippen LogP contribution in [0.1, 0.15) is 40.5 Å². The summed E-state index contributed by atoms with van der Waals surface area (Å²) in [5.41, 5.74) is 1.08. The molecule has 0 fully saturated rings. The summed E-state index contributed by atoms with van der Waals surface area (Å²) in [6, 6.07) is 6.45. The minimum atomic E-state index is 0.463. The van der Waals surface area contributed by atoms with Crippen molar-refractivity contribution >= 4 is 5.69 Å². The monoisotopic (exact) mass is 265 g/mol. The SMILES string of the molecule is CCOc1cc(NC(C)CCC(C)C)ccc1OC. The van der Waals surface area contributed by atoms with Crippen LogP contribution >= 0.6 is 0 Å². The number of hydrogen-bond donors (Lipinski definition) is 1. The highest BCUT2D eigenvalue weighted by Gasteiger charge is 2.08. The Kier molecular flexibility index (Phi) is 6.54. The van der Waals surface area contributed by atoms with Gasteiger partial charge < -0.3 is 14.8 Å². The van der Waals surface area contributed by atoms with Crippen molar-refractivity contribution in [3.8, 4) is 11.5 Å². The molecule has 0 aliphatic rings. The van der Waals surface area contributed by atoms with Crippen LogP contribution in [0.25, 0.3) is 0 Å². The predicted octanol–water partition coefficient (Wildman–Crippen LogP) is 4.33. The Labute approximate surface area is 117 Å². The molecule has 0 aliphatic carbocycles. The Morgan fingerprint density at radius 3 is 2.42 bits per heavy atom. The van der Waals surface area contributed by atoms with Crippen molar-refractivity contribution in [2.24, 2.45) is 5.92 Å². The van der Waals surface area contributed by atoms with Gasteiger partial charge in [-0.05, 0) is 44.7 Å². The lowest BCUT2D eigenvalue weighted by atomic mass is 10.0. The van der Waals surface area contributed by atoms with Gasteiger partial charge >= 0.3 is 0 Å². The summed E-state index contributed by atoms with van der Waals surface area (Å²) in [5.74, 6) is 2.33. The molecule has 0 saturated heterocycles. The Bertz CT molecular complexity index is 377. The van der Waals surface area contributed by atoms with Crippen molar-refractivity contribution in [2.45, 2.75) is 46.6 Å². The molecule has 0 radical (unpaired) electrons. The van der Waals surface area contributed by atoms with Gasteiger partial charge in [-0.15, -0.1) is 0 Å². The van der Waals surface area contributed by atoms with E-state index in [1.54, 1.807) is 7.11 Å². The van der Waals surface area contributed by atoms with E-state index in [2.05, 4.69) is 26.1 Å². The van der Waals surface area contributed by atoms with E-state index in [0.717, 1.165) is 23.1 Å². The second-order valence-electron chi connectivity index (χ2n) is 5.32. The Morgan fingerprint density at radius 2 is 1.84 bits per heavy atom. The number of methoxy groups -OCH3 is 1. The third kappa shape index (κ3) is 5.41. The topological polar surface area (TPSA) is 30.5 Å². The third-order valence-electron chi connectivity index (χ3n) is 3.05. The van der Waals surface area contributed by atoms with E-state index in [1.807, 2.05) is 25.1 Å². The summed E-state index contributed by atoms with van der Waals surface area (Å²) in [6.45, 7) is 9.35. The van der Waals surface area contributed by atoms with Crippen molar-refractivity contribution in [1.29, 1.82) is 0 Å². The summed E-state index contributed by atoms with van der Waals surface area (Å²) in [6.07, 6.45) is 2.41. The normalized spacial score (nSPS) is 12.3. The van der Waals surface area contributed by atoms with E-state index in [-0.39, 0.29) is 0 Å². The molecule has 0 saturated carbocycles. The minimum Gasteiger partial charge on any atom is -0.493 e. The van der Waals surface area contributed by atoms with E-state index in [0.29, 0.717) is 12.6 Å². The minimum absolute atomic E-state index is 0.463. The lowest BCUT2D eigenvalue weighted by Crippen LogP contribution is -2.15. The number of nitrogens with one attached hydrogen (secondary N) is 1. The highest BCUT2D eigenvalue weighted by molar-refractivity contribution is 5.55. The van der Waals surface area contributed by atoms with Crippen LogP contribution in [0, 0.1) is 5.92 Å². The molecular formula is C16H27NO2. The zero-order valence-electron chi connectivity index (χ0n) is 12.8. The Hall–Kier alpha value is -1.38. The molecule has 3 heteroatoms. The molecule has 0 aliphatic heterocycles. The molecule has 1 aromatic carbocycles. The zero-order valence-corrected chi connectivity index (χ0v) is 12.8. The number of anilines is 1. The van der Waals surface area contributed by atoms with Gasteiger partial charge in [-0.1, -0.05) is 13.8 Å². The van der Waals surface area contributed by atoms with Crippen molar-refractivity contribution in [3.05, 3.63) is 18.2 Å².